The highest BCUT2D eigenvalue weighted by Gasteiger charge is 2.27. The van der Waals surface area contributed by atoms with Gasteiger partial charge in [0.05, 0.1) is 5.56 Å². The van der Waals surface area contributed by atoms with Crippen molar-refractivity contribution in [3.63, 3.8) is 0 Å². The van der Waals surface area contributed by atoms with Crippen molar-refractivity contribution in [2.24, 2.45) is 0 Å². The summed E-state index contributed by atoms with van der Waals surface area (Å²) in [5.41, 5.74) is 0.738. The number of hydrogen-bond donors (Lipinski definition) is 0. The Labute approximate surface area is 145 Å². The topological polar surface area (TPSA) is 52.6 Å². The molecule has 2 aliphatic rings. The van der Waals surface area contributed by atoms with Crippen molar-refractivity contribution in [2.45, 2.75) is 12.8 Å². The maximum absolute atomic E-state index is 13.0. The van der Waals surface area contributed by atoms with Gasteiger partial charge in [-0.1, -0.05) is 0 Å². The zero-order valence-corrected chi connectivity index (χ0v) is 14.4. The standard InChI is InChI=1S/C17H21N5OS/c23-16(14-4-3-5-18-15(14)20-7-1-2-8-20)21-9-11-22(12-10-21)17-19-6-13-24-17/h3-6,13H,1-2,7-12H2. The molecule has 0 spiro atoms. The van der Waals surface area contributed by atoms with Gasteiger partial charge in [0.25, 0.3) is 5.91 Å². The monoisotopic (exact) mass is 343 g/mol. The molecule has 2 saturated heterocycles. The molecule has 126 valence electrons. The van der Waals surface area contributed by atoms with Crippen LogP contribution >= 0.6 is 11.3 Å². The summed E-state index contributed by atoms with van der Waals surface area (Å²) < 4.78 is 0. The van der Waals surface area contributed by atoms with Gasteiger partial charge in [-0.25, -0.2) is 9.97 Å². The number of carbonyl (C=O) groups is 1. The molecule has 4 heterocycles. The first-order valence-electron chi connectivity index (χ1n) is 8.46. The molecule has 0 unspecified atom stereocenters. The Balaban J connectivity index is 1.47. The van der Waals surface area contributed by atoms with Gasteiger partial charge in [-0.15, -0.1) is 11.3 Å². The summed E-state index contributed by atoms with van der Waals surface area (Å²) in [6.07, 6.45) is 5.97. The summed E-state index contributed by atoms with van der Waals surface area (Å²) in [6.45, 7) is 5.11. The molecule has 2 fully saturated rings. The number of hydrogen-bond acceptors (Lipinski definition) is 6. The second-order valence-corrected chi connectivity index (χ2v) is 7.04. The molecular weight excluding hydrogens is 322 g/mol. The molecule has 0 aromatic carbocycles. The van der Waals surface area contributed by atoms with E-state index >= 15 is 0 Å². The molecule has 0 radical (unpaired) electrons. The number of rotatable bonds is 3. The lowest BCUT2D eigenvalue weighted by Gasteiger charge is -2.35. The van der Waals surface area contributed by atoms with Gasteiger partial charge in [0.2, 0.25) is 0 Å². The molecule has 2 aromatic heterocycles. The van der Waals surface area contributed by atoms with Gasteiger partial charge in [0.15, 0.2) is 5.13 Å². The van der Waals surface area contributed by atoms with E-state index in [1.807, 2.05) is 28.6 Å². The quantitative estimate of drug-likeness (QED) is 0.854. The Bertz CT molecular complexity index is 691. The average Bonchev–Trinajstić information content (AvgIpc) is 3.35. The molecule has 1 amide bonds. The van der Waals surface area contributed by atoms with Crippen molar-refractivity contribution in [3.8, 4) is 0 Å². The molecule has 0 aliphatic carbocycles. The van der Waals surface area contributed by atoms with Crippen LogP contribution in [0.2, 0.25) is 0 Å². The molecule has 2 aromatic rings. The molecule has 0 saturated carbocycles. The molecule has 6 nitrogen and oxygen atoms in total. The van der Waals surface area contributed by atoms with Gasteiger partial charge < -0.3 is 14.7 Å². The van der Waals surface area contributed by atoms with Gasteiger partial charge >= 0.3 is 0 Å². The third-order valence-corrected chi connectivity index (χ3v) is 5.51. The van der Waals surface area contributed by atoms with Gasteiger partial charge in [-0.2, -0.15) is 0 Å². The summed E-state index contributed by atoms with van der Waals surface area (Å²) in [4.78, 5) is 28.3. The van der Waals surface area contributed by atoms with Crippen LogP contribution in [-0.4, -0.2) is 60.0 Å². The van der Waals surface area contributed by atoms with Gasteiger partial charge in [-0.05, 0) is 25.0 Å². The number of thiazole rings is 1. The van der Waals surface area contributed by atoms with Crippen molar-refractivity contribution in [3.05, 3.63) is 35.5 Å². The fourth-order valence-corrected chi connectivity index (χ4v) is 4.08. The van der Waals surface area contributed by atoms with E-state index in [1.165, 1.54) is 12.8 Å². The Morgan fingerprint density at radius 3 is 2.46 bits per heavy atom. The van der Waals surface area contributed by atoms with E-state index in [-0.39, 0.29) is 5.91 Å². The minimum Gasteiger partial charge on any atom is -0.356 e. The van der Waals surface area contributed by atoms with Crippen LogP contribution in [0, 0.1) is 0 Å². The van der Waals surface area contributed by atoms with Crippen LogP contribution in [0.25, 0.3) is 0 Å². The van der Waals surface area contributed by atoms with Crippen LogP contribution in [-0.2, 0) is 0 Å². The Hall–Kier alpha value is -2.15. The van der Waals surface area contributed by atoms with E-state index in [0.717, 1.165) is 55.8 Å². The lowest BCUT2D eigenvalue weighted by Crippen LogP contribution is -2.49. The van der Waals surface area contributed by atoms with E-state index in [0.29, 0.717) is 0 Å². The first kappa shape index (κ1) is 15.4. The minimum atomic E-state index is 0.101. The van der Waals surface area contributed by atoms with Crippen molar-refractivity contribution >= 4 is 28.2 Å². The van der Waals surface area contributed by atoms with Crippen LogP contribution in [0.1, 0.15) is 23.2 Å². The molecule has 0 N–H and O–H groups in total. The Morgan fingerprint density at radius 1 is 0.958 bits per heavy atom. The summed E-state index contributed by atoms with van der Waals surface area (Å²) in [5.74, 6) is 0.950. The number of anilines is 2. The number of pyridine rings is 1. The van der Waals surface area contributed by atoms with Crippen LogP contribution in [0.5, 0.6) is 0 Å². The first-order chi connectivity index (χ1) is 11.8. The highest BCUT2D eigenvalue weighted by molar-refractivity contribution is 7.13. The van der Waals surface area contributed by atoms with Crippen LogP contribution < -0.4 is 9.80 Å². The highest BCUT2D eigenvalue weighted by Crippen LogP contribution is 2.24. The Morgan fingerprint density at radius 2 is 1.75 bits per heavy atom. The maximum atomic E-state index is 13.0. The third-order valence-electron chi connectivity index (χ3n) is 4.68. The van der Waals surface area contributed by atoms with Crippen molar-refractivity contribution < 1.29 is 4.79 Å². The average molecular weight is 343 g/mol. The zero-order chi connectivity index (χ0) is 16.4. The number of nitrogens with zero attached hydrogens (tertiary/aromatic N) is 5. The fraction of sp³-hybridized carbons (Fsp3) is 0.471. The third kappa shape index (κ3) is 2.96. The minimum absolute atomic E-state index is 0.101. The predicted octanol–water partition coefficient (Wildman–Crippen LogP) is 2.10. The van der Waals surface area contributed by atoms with Crippen LogP contribution in [0.15, 0.2) is 29.9 Å². The maximum Gasteiger partial charge on any atom is 0.257 e. The SMILES string of the molecule is O=C(c1cccnc1N1CCCC1)N1CCN(c2nccs2)CC1. The normalized spacial score (nSPS) is 18.2. The smallest absolute Gasteiger partial charge is 0.257 e. The fourth-order valence-electron chi connectivity index (χ4n) is 3.39. The van der Waals surface area contributed by atoms with Crippen molar-refractivity contribution in [2.75, 3.05) is 49.1 Å². The number of amides is 1. The van der Waals surface area contributed by atoms with E-state index in [4.69, 9.17) is 0 Å². The molecule has 4 rings (SSSR count). The van der Waals surface area contributed by atoms with Crippen LogP contribution in [0.3, 0.4) is 0 Å². The second-order valence-electron chi connectivity index (χ2n) is 6.16. The molecule has 24 heavy (non-hydrogen) atoms. The summed E-state index contributed by atoms with van der Waals surface area (Å²) >= 11 is 1.65. The largest absolute Gasteiger partial charge is 0.356 e. The predicted molar refractivity (Wildman–Crippen MR) is 95.9 cm³/mol. The summed E-state index contributed by atoms with van der Waals surface area (Å²) in [6, 6.07) is 3.77. The number of piperazine rings is 1. The lowest BCUT2D eigenvalue weighted by molar-refractivity contribution is 0.0747. The molecular formula is C17H21N5OS. The molecule has 0 bridgehead atoms. The van der Waals surface area contributed by atoms with E-state index in [9.17, 15) is 4.79 Å². The van der Waals surface area contributed by atoms with E-state index < -0.39 is 0 Å². The summed E-state index contributed by atoms with van der Waals surface area (Å²) in [5, 5.41) is 3.03. The van der Waals surface area contributed by atoms with Crippen LogP contribution in [0.4, 0.5) is 10.9 Å². The van der Waals surface area contributed by atoms with Gasteiger partial charge in [-0.3, -0.25) is 4.79 Å². The van der Waals surface area contributed by atoms with E-state index in [1.54, 1.807) is 17.5 Å². The first-order valence-corrected chi connectivity index (χ1v) is 9.34. The van der Waals surface area contributed by atoms with Gasteiger partial charge in [0.1, 0.15) is 5.82 Å². The van der Waals surface area contributed by atoms with E-state index in [2.05, 4.69) is 19.8 Å². The molecule has 0 atom stereocenters. The number of carbonyl (C=O) groups excluding carboxylic acids is 1. The number of aromatic nitrogens is 2. The second kappa shape index (κ2) is 6.76. The highest BCUT2D eigenvalue weighted by atomic mass is 32.1. The molecule has 7 heteroatoms. The Kier molecular flexibility index (Phi) is 4.34. The summed E-state index contributed by atoms with van der Waals surface area (Å²) in [7, 11) is 0. The van der Waals surface area contributed by atoms with Crippen molar-refractivity contribution in [1.82, 2.24) is 14.9 Å². The zero-order valence-electron chi connectivity index (χ0n) is 13.6. The lowest BCUT2D eigenvalue weighted by atomic mass is 10.2. The molecule has 2 aliphatic heterocycles. The van der Waals surface area contributed by atoms with Crippen molar-refractivity contribution in [1.29, 1.82) is 0 Å². The van der Waals surface area contributed by atoms with Gasteiger partial charge in [0, 0.05) is 57.0 Å².